The van der Waals surface area contributed by atoms with Crippen molar-refractivity contribution in [2.24, 2.45) is 0 Å². The van der Waals surface area contributed by atoms with Crippen LogP contribution in [0.1, 0.15) is 36.7 Å². The third-order valence-corrected chi connectivity index (χ3v) is 5.18. The van der Waals surface area contributed by atoms with Crippen LogP contribution in [-0.4, -0.2) is 19.9 Å². The average Bonchev–Trinajstić information content (AvgIpc) is 2.57. The smallest absolute Gasteiger partial charge is 0.298 e. The van der Waals surface area contributed by atoms with Gasteiger partial charge in [-0.1, -0.05) is 12.1 Å². The third-order valence-electron chi connectivity index (χ3n) is 3.41. The number of para-hydroxylation sites is 1. The van der Waals surface area contributed by atoms with Gasteiger partial charge in [0.25, 0.3) is 5.91 Å². The second-order valence-electron chi connectivity index (χ2n) is 7.00. The average molecular weight is 415 g/mol. The van der Waals surface area contributed by atoms with E-state index in [0.29, 0.717) is 0 Å². The summed E-state index contributed by atoms with van der Waals surface area (Å²) < 4.78 is 65.8. The minimum Gasteiger partial charge on any atom is -0.298 e. The van der Waals surface area contributed by atoms with E-state index in [0.717, 1.165) is 6.07 Å². The van der Waals surface area contributed by atoms with Crippen molar-refractivity contribution in [3.05, 3.63) is 59.7 Å². The molecule has 2 aromatic carbocycles. The number of hydrazine groups is 1. The van der Waals surface area contributed by atoms with E-state index in [1.807, 2.05) is 0 Å². The highest BCUT2D eigenvalue weighted by molar-refractivity contribution is 7.89. The molecule has 0 aromatic heterocycles. The Labute approximate surface area is 161 Å². The maximum absolute atomic E-state index is 13.0. The van der Waals surface area contributed by atoms with Gasteiger partial charge in [0.05, 0.1) is 16.1 Å². The molecule has 28 heavy (non-hydrogen) atoms. The summed E-state index contributed by atoms with van der Waals surface area (Å²) in [6.45, 7) is 5.07. The predicted molar refractivity (Wildman–Crippen MR) is 99.0 cm³/mol. The molecule has 0 aliphatic heterocycles. The number of anilines is 1. The number of carbonyl (C=O) groups excluding carboxylic acids is 1. The summed E-state index contributed by atoms with van der Waals surface area (Å²) in [4.78, 5) is 12.1. The zero-order valence-electron chi connectivity index (χ0n) is 15.4. The van der Waals surface area contributed by atoms with Gasteiger partial charge in [-0.3, -0.25) is 15.6 Å². The van der Waals surface area contributed by atoms with Crippen LogP contribution in [0.15, 0.2) is 53.4 Å². The molecule has 2 aromatic rings. The van der Waals surface area contributed by atoms with E-state index in [1.54, 1.807) is 20.8 Å². The first-order valence-electron chi connectivity index (χ1n) is 8.16. The maximum atomic E-state index is 13.0. The zero-order valence-corrected chi connectivity index (χ0v) is 16.2. The quantitative estimate of drug-likeness (QED) is 0.652. The number of alkyl halides is 3. The molecule has 2 rings (SSSR count). The maximum Gasteiger partial charge on any atom is 0.418 e. The molecule has 0 heterocycles. The fourth-order valence-electron chi connectivity index (χ4n) is 2.28. The number of benzene rings is 2. The van der Waals surface area contributed by atoms with Crippen molar-refractivity contribution in [3.8, 4) is 0 Å². The number of carbonyl (C=O) groups is 1. The molecule has 0 spiro atoms. The van der Waals surface area contributed by atoms with E-state index < -0.39 is 33.2 Å². The van der Waals surface area contributed by atoms with Crippen LogP contribution in [0.3, 0.4) is 0 Å². The summed E-state index contributed by atoms with van der Waals surface area (Å²) in [5, 5.41) is 0. The Balaban J connectivity index is 2.11. The summed E-state index contributed by atoms with van der Waals surface area (Å²) >= 11 is 0. The van der Waals surface area contributed by atoms with Crippen LogP contribution in [0.25, 0.3) is 0 Å². The Hall–Kier alpha value is -2.59. The van der Waals surface area contributed by atoms with Crippen LogP contribution in [-0.2, 0) is 16.2 Å². The minimum absolute atomic E-state index is 0.0330. The van der Waals surface area contributed by atoms with Crippen LogP contribution in [0.4, 0.5) is 18.9 Å². The van der Waals surface area contributed by atoms with E-state index in [-0.39, 0.29) is 16.1 Å². The summed E-state index contributed by atoms with van der Waals surface area (Å²) in [5.74, 6) is -0.718. The second-order valence-corrected chi connectivity index (χ2v) is 8.68. The molecule has 0 aliphatic rings. The van der Waals surface area contributed by atoms with Crippen molar-refractivity contribution >= 4 is 21.6 Å². The molecule has 3 N–H and O–H groups in total. The number of hydrogen-bond donors (Lipinski definition) is 3. The van der Waals surface area contributed by atoms with Crippen molar-refractivity contribution in [1.29, 1.82) is 0 Å². The van der Waals surface area contributed by atoms with Crippen molar-refractivity contribution in [2.45, 2.75) is 37.4 Å². The van der Waals surface area contributed by atoms with Crippen LogP contribution >= 0.6 is 0 Å². The van der Waals surface area contributed by atoms with Gasteiger partial charge < -0.3 is 0 Å². The van der Waals surface area contributed by atoms with Gasteiger partial charge in [-0.25, -0.2) is 13.1 Å². The normalized spacial score (nSPS) is 12.5. The van der Waals surface area contributed by atoms with Crippen molar-refractivity contribution in [2.75, 3.05) is 5.43 Å². The molecule has 0 unspecified atom stereocenters. The van der Waals surface area contributed by atoms with Crippen molar-refractivity contribution in [1.82, 2.24) is 10.1 Å². The summed E-state index contributed by atoms with van der Waals surface area (Å²) in [7, 11) is -3.76. The molecule has 152 valence electrons. The fraction of sp³-hybridized carbons (Fsp3) is 0.278. The molecule has 0 saturated carbocycles. The highest BCUT2D eigenvalue weighted by Crippen LogP contribution is 2.34. The van der Waals surface area contributed by atoms with Gasteiger partial charge >= 0.3 is 6.18 Å². The van der Waals surface area contributed by atoms with E-state index in [2.05, 4.69) is 15.6 Å². The zero-order chi connectivity index (χ0) is 21.2. The molecule has 10 heteroatoms. The van der Waals surface area contributed by atoms with Crippen molar-refractivity contribution in [3.63, 3.8) is 0 Å². The highest BCUT2D eigenvalue weighted by atomic mass is 32.2. The topological polar surface area (TPSA) is 87.3 Å². The molecule has 0 fully saturated rings. The van der Waals surface area contributed by atoms with Crippen LogP contribution < -0.4 is 15.6 Å². The Bertz CT molecular complexity index is 951. The Morgan fingerprint density at radius 3 is 2.04 bits per heavy atom. The lowest BCUT2D eigenvalue weighted by Crippen LogP contribution is -2.40. The number of sulfonamides is 1. The largest absolute Gasteiger partial charge is 0.418 e. The van der Waals surface area contributed by atoms with Gasteiger partial charge in [-0.15, -0.1) is 0 Å². The lowest BCUT2D eigenvalue weighted by Gasteiger charge is -2.20. The van der Waals surface area contributed by atoms with Crippen LogP contribution in [0.5, 0.6) is 0 Å². The first kappa shape index (κ1) is 21.7. The highest BCUT2D eigenvalue weighted by Gasteiger charge is 2.33. The molecule has 6 nitrogen and oxygen atoms in total. The van der Waals surface area contributed by atoms with Gasteiger partial charge in [0.15, 0.2) is 0 Å². The number of halogens is 3. The van der Waals surface area contributed by atoms with E-state index in [4.69, 9.17) is 0 Å². The Kier molecular flexibility index (Phi) is 6.05. The minimum atomic E-state index is -4.58. The van der Waals surface area contributed by atoms with Gasteiger partial charge in [0.2, 0.25) is 10.0 Å². The number of nitrogens with one attached hydrogen (secondary N) is 3. The standard InChI is InChI=1S/C18H20F3N3O3S/c1-17(2,3)24-28(26,27)13-10-8-12(9-11-13)16(25)23-22-15-7-5-4-6-14(15)18(19,20)21/h4-11,22,24H,1-3H3,(H,23,25). The lowest BCUT2D eigenvalue weighted by molar-refractivity contribution is -0.137. The first-order valence-corrected chi connectivity index (χ1v) is 9.64. The molecule has 0 bridgehead atoms. The van der Waals surface area contributed by atoms with Crippen LogP contribution in [0, 0.1) is 0 Å². The Morgan fingerprint density at radius 1 is 0.929 bits per heavy atom. The summed E-state index contributed by atoms with van der Waals surface area (Å²) in [6, 6.07) is 9.71. The molecular weight excluding hydrogens is 395 g/mol. The number of amides is 1. The SMILES string of the molecule is CC(C)(C)NS(=O)(=O)c1ccc(C(=O)NNc2ccccc2C(F)(F)F)cc1. The van der Waals surface area contributed by atoms with Gasteiger partial charge in [-0.05, 0) is 57.2 Å². The molecule has 0 saturated heterocycles. The van der Waals surface area contributed by atoms with Gasteiger partial charge in [0.1, 0.15) is 0 Å². The van der Waals surface area contributed by atoms with E-state index in [1.165, 1.54) is 42.5 Å². The molecule has 0 atom stereocenters. The van der Waals surface area contributed by atoms with Gasteiger partial charge in [-0.2, -0.15) is 13.2 Å². The van der Waals surface area contributed by atoms with E-state index >= 15 is 0 Å². The molecular formula is C18H20F3N3O3S. The number of hydrogen-bond acceptors (Lipinski definition) is 4. The van der Waals surface area contributed by atoms with Crippen molar-refractivity contribution < 1.29 is 26.4 Å². The number of rotatable bonds is 5. The second kappa shape index (κ2) is 7.80. The lowest BCUT2D eigenvalue weighted by atomic mass is 10.1. The molecule has 0 radical (unpaired) electrons. The molecule has 0 aliphatic carbocycles. The first-order chi connectivity index (χ1) is 12.8. The molecule has 1 amide bonds. The fourth-order valence-corrected chi connectivity index (χ4v) is 3.70. The monoisotopic (exact) mass is 415 g/mol. The van der Waals surface area contributed by atoms with E-state index in [9.17, 15) is 26.4 Å². The Morgan fingerprint density at radius 2 is 1.50 bits per heavy atom. The predicted octanol–water partition coefficient (Wildman–Crippen LogP) is 3.54. The van der Waals surface area contributed by atoms with Gasteiger partial charge in [0, 0.05) is 11.1 Å². The summed E-state index contributed by atoms with van der Waals surface area (Å²) in [5.41, 5.74) is 2.58. The van der Waals surface area contributed by atoms with Crippen LogP contribution in [0.2, 0.25) is 0 Å². The summed E-state index contributed by atoms with van der Waals surface area (Å²) in [6.07, 6.45) is -4.58. The third kappa shape index (κ3) is 5.70.